The van der Waals surface area contributed by atoms with Crippen LogP contribution in [-0.2, 0) is 11.4 Å². The largest absolute Gasteiger partial charge is 0.368 e. The van der Waals surface area contributed by atoms with Crippen LogP contribution in [0.5, 0.6) is 0 Å². The summed E-state index contributed by atoms with van der Waals surface area (Å²) in [5, 5.41) is 1.45. The maximum absolute atomic E-state index is 5.71. The van der Waals surface area contributed by atoms with Crippen LogP contribution < -0.4 is 11.5 Å². The summed E-state index contributed by atoms with van der Waals surface area (Å²) in [6.45, 7) is 2.25. The normalized spacial score (nSPS) is 18.7. The Kier molecular flexibility index (Phi) is 4.94. The summed E-state index contributed by atoms with van der Waals surface area (Å²) in [5.41, 5.74) is 12.3. The first-order chi connectivity index (χ1) is 8.16. The maximum Gasteiger partial charge on any atom is 0.225 e. The summed E-state index contributed by atoms with van der Waals surface area (Å²) in [7, 11) is 0. The minimum Gasteiger partial charge on any atom is -0.368 e. The third-order valence-electron chi connectivity index (χ3n) is 2.33. The van der Waals surface area contributed by atoms with E-state index in [1.54, 1.807) is 0 Å². The lowest BCUT2D eigenvalue weighted by Crippen LogP contribution is -2.46. The second-order valence-electron chi connectivity index (χ2n) is 3.67. The molecule has 0 spiro atoms. The van der Waals surface area contributed by atoms with Crippen LogP contribution in [0.15, 0.2) is 40.3 Å². The number of hydrogen-bond acceptors (Lipinski definition) is 6. The molecular formula is C11H16ClN5O. The van der Waals surface area contributed by atoms with Gasteiger partial charge in [-0.05, 0) is 12.5 Å². The van der Waals surface area contributed by atoms with Crippen molar-refractivity contribution in [2.24, 2.45) is 21.5 Å². The van der Waals surface area contributed by atoms with Crippen LogP contribution in [0.4, 0.5) is 0 Å². The summed E-state index contributed by atoms with van der Waals surface area (Å²) in [6, 6.07) is 9.80. The quantitative estimate of drug-likeness (QED) is 0.851. The summed E-state index contributed by atoms with van der Waals surface area (Å²) >= 11 is 0. The van der Waals surface area contributed by atoms with Crippen molar-refractivity contribution in [3.05, 3.63) is 35.9 Å². The zero-order chi connectivity index (χ0) is 12.3. The Bertz CT molecular complexity index is 448. The van der Waals surface area contributed by atoms with Crippen LogP contribution in [0.1, 0.15) is 12.5 Å². The minimum atomic E-state index is -0.267. The van der Waals surface area contributed by atoms with Crippen LogP contribution in [0, 0.1) is 0 Å². The molecular weight excluding hydrogens is 254 g/mol. The van der Waals surface area contributed by atoms with E-state index in [4.69, 9.17) is 16.3 Å². The Morgan fingerprint density at radius 2 is 1.94 bits per heavy atom. The van der Waals surface area contributed by atoms with Gasteiger partial charge in [-0.25, -0.2) is 4.99 Å². The fourth-order valence-corrected chi connectivity index (χ4v) is 1.52. The maximum atomic E-state index is 5.71. The van der Waals surface area contributed by atoms with Crippen LogP contribution in [0.3, 0.4) is 0 Å². The number of hydrogen-bond donors (Lipinski definition) is 2. The fourth-order valence-electron chi connectivity index (χ4n) is 1.52. The predicted molar refractivity (Wildman–Crippen MR) is 73.0 cm³/mol. The van der Waals surface area contributed by atoms with Crippen molar-refractivity contribution in [2.45, 2.75) is 19.7 Å². The summed E-state index contributed by atoms with van der Waals surface area (Å²) in [4.78, 5) is 13.5. The smallest absolute Gasteiger partial charge is 0.225 e. The van der Waals surface area contributed by atoms with Crippen molar-refractivity contribution in [3.63, 3.8) is 0 Å². The average molecular weight is 270 g/mol. The molecule has 1 atom stereocenters. The number of hydroxylamine groups is 2. The van der Waals surface area contributed by atoms with Gasteiger partial charge < -0.3 is 11.5 Å². The van der Waals surface area contributed by atoms with Gasteiger partial charge in [0.2, 0.25) is 11.9 Å². The van der Waals surface area contributed by atoms with Gasteiger partial charge in [-0.15, -0.1) is 12.4 Å². The molecule has 4 N–H and O–H groups in total. The van der Waals surface area contributed by atoms with Crippen molar-refractivity contribution in [1.29, 1.82) is 0 Å². The average Bonchev–Trinajstić information content (AvgIpc) is 2.29. The van der Waals surface area contributed by atoms with Crippen LogP contribution in [0.2, 0.25) is 0 Å². The second kappa shape index (κ2) is 6.23. The first-order valence-electron chi connectivity index (χ1n) is 5.30. The lowest BCUT2D eigenvalue weighted by molar-refractivity contribution is -0.135. The summed E-state index contributed by atoms with van der Waals surface area (Å²) < 4.78 is 0. The molecule has 1 aromatic carbocycles. The van der Waals surface area contributed by atoms with Gasteiger partial charge in [0.15, 0.2) is 0 Å². The molecule has 1 unspecified atom stereocenters. The van der Waals surface area contributed by atoms with Gasteiger partial charge in [0.1, 0.15) is 12.8 Å². The zero-order valence-electron chi connectivity index (χ0n) is 9.98. The second-order valence-corrected chi connectivity index (χ2v) is 3.67. The molecule has 1 aliphatic rings. The summed E-state index contributed by atoms with van der Waals surface area (Å²) in [5.74, 6) is 0.399. The highest BCUT2D eigenvalue weighted by Gasteiger charge is 2.21. The van der Waals surface area contributed by atoms with Crippen molar-refractivity contribution >= 4 is 24.3 Å². The molecule has 6 nitrogen and oxygen atoms in total. The SMILES string of the molecule is CC1N=C(N)N=C(N)N1OCc1ccccc1.Cl. The van der Waals surface area contributed by atoms with Gasteiger partial charge in [-0.2, -0.15) is 10.1 Å². The van der Waals surface area contributed by atoms with E-state index in [1.165, 1.54) is 5.06 Å². The van der Waals surface area contributed by atoms with E-state index < -0.39 is 0 Å². The predicted octanol–water partition coefficient (Wildman–Crippen LogP) is 0.831. The van der Waals surface area contributed by atoms with E-state index in [2.05, 4.69) is 9.98 Å². The van der Waals surface area contributed by atoms with Crippen LogP contribution in [-0.4, -0.2) is 23.1 Å². The molecule has 98 valence electrons. The van der Waals surface area contributed by atoms with E-state index in [0.717, 1.165) is 5.56 Å². The Morgan fingerprint density at radius 1 is 1.28 bits per heavy atom. The molecule has 0 saturated carbocycles. The molecule has 1 aromatic rings. The lowest BCUT2D eigenvalue weighted by Gasteiger charge is -2.28. The number of guanidine groups is 2. The third kappa shape index (κ3) is 3.35. The van der Waals surface area contributed by atoms with Crippen molar-refractivity contribution in [1.82, 2.24) is 5.06 Å². The minimum absolute atomic E-state index is 0. The van der Waals surface area contributed by atoms with Gasteiger partial charge in [0.05, 0.1) is 0 Å². The Balaban J connectivity index is 0.00000162. The third-order valence-corrected chi connectivity index (χ3v) is 2.33. The van der Waals surface area contributed by atoms with E-state index >= 15 is 0 Å². The number of aliphatic imine (C=N–C) groups is 2. The van der Waals surface area contributed by atoms with E-state index in [9.17, 15) is 0 Å². The number of benzene rings is 1. The number of nitrogens with two attached hydrogens (primary N) is 2. The summed E-state index contributed by atoms with van der Waals surface area (Å²) in [6.07, 6.45) is -0.267. The highest BCUT2D eigenvalue weighted by molar-refractivity contribution is 5.94. The Labute approximate surface area is 112 Å². The lowest BCUT2D eigenvalue weighted by atomic mass is 10.2. The first kappa shape index (κ1) is 14.3. The topological polar surface area (TPSA) is 89.2 Å². The van der Waals surface area contributed by atoms with E-state index in [1.807, 2.05) is 37.3 Å². The van der Waals surface area contributed by atoms with E-state index in [-0.39, 0.29) is 30.5 Å². The molecule has 0 aliphatic carbocycles. The number of rotatable bonds is 3. The van der Waals surface area contributed by atoms with Gasteiger partial charge >= 0.3 is 0 Å². The van der Waals surface area contributed by atoms with Gasteiger partial charge in [0.25, 0.3) is 0 Å². The fraction of sp³-hybridized carbons (Fsp3) is 0.273. The molecule has 0 radical (unpaired) electrons. The molecule has 1 aliphatic heterocycles. The molecule has 0 fully saturated rings. The molecule has 0 aromatic heterocycles. The molecule has 2 rings (SSSR count). The highest BCUT2D eigenvalue weighted by Crippen LogP contribution is 2.09. The molecule has 0 bridgehead atoms. The monoisotopic (exact) mass is 269 g/mol. The molecule has 0 amide bonds. The van der Waals surface area contributed by atoms with Crippen molar-refractivity contribution in [3.8, 4) is 0 Å². The molecule has 0 saturated heterocycles. The number of halogens is 1. The first-order valence-corrected chi connectivity index (χ1v) is 5.30. The standard InChI is InChI=1S/C11H15N5O.ClH/c1-8-14-10(12)15-11(13)16(8)17-7-9-5-3-2-4-6-9;/h2-6,8H,7H2,1H3,(H4,12,13,14,15);1H. The van der Waals surface area contributed by atoms with Crippen LogP contribution in [0.25, 0.3) is 0 Å². The van der Waals surface area contributed by atoms with Gasteiger partial charge in [-0.3, -0.25) is 4.84 Å². The van der Waals surface area contributed by atoms with Gasteiger partial charge in [0, 0.05) is 0 Å². The molecule has 1 heterocycles. The molecule has 18 heavy (non-hydrogen) atoms. The Hall–Kier alpha value is -1.79. The van der Waals surface area contributed by atoms with Gasteiger partial charge in [-0.1, -0.05) is 30.3 Å². The van der Waals surface area contributed by atoms with E-state index in [0.29, 0.717) is 6.61 Å². The number of nitrogens with zero attached hydrogens (tertiary/aromatic N) is 3. The highest BCUT2D eigenvalue weighted by atomic mass is 35.5. The molecule has 7 heteroatoms. The van der Waals surface area contributed by atoms with Crippen LogP contribution >= 0.6 is 12.4 Å². The van der Waals surface area contributed by atoms with Crippen molar-refractivity contribution in [2.75, 3.05) is 0 Å². The Morgan fingerprint density at radius 3 is 2.56 bits per heavy atom. The zero-order valence-corrected chi connectivity index (χ0v) is 10.8. The van der Waals surface area contributed by atoms with Crippen molar-refractivity contribution < 1.29 is 4.84 Å².